The van der Waals surface area contributed by atoms with Crippen molar-refractivity contribution >= 4 is 9.84 Å². The van der Waals surface area contributed by atoms with E-state index in [2.05, 4.69) is 12.2 Å². The molecule has 3 nitrogen and oxygen atoms in total. The first-order chi connectivity index (χ1) is 7.97. The molecule has 0 amide bonds. The molecule has 0 saturated heterocycles. The molecule has 0 aliphatic heterocycles. The number of nitrogens with one attached hydrogen (secondary N) is 1. The minimum atomic E-state index is -2.85. The molecule has 1 N–H and O–H groups in total. The first kappa shape index (κ1) is 15.0. The zero-order chi connectivity index (χ0) is 12.9. The van der Waals surface area contributed by atoms with Crippen LogP contribution in [0.15, 0.2) is 0 Å². The van der Waals surface area contributed by atoms with Gasteiger partial charge in [0.15, 0.2) is 9.84 Å². The van der Waals surface area contributed by atoms with Crippen molar-refractivity contribution in [1.82, 2.24) is 5.32 Å². The van der Waals surface area contributed by atoms with E-state index in [1.807, 2.05) is 0 Å². The normalized spacial score (nSPS) is 18.6. The number of sulfone groups is 1. The van der Waals surface area contributed by atoms with Gasteiger partial charge in [-0.15, -0.1) is 0 Å². The molecule has 0 heterocycles. The van der Waals surface area contributed by atoms with Crippen LogP contribution in [0.5, 0.6) is 0 Å². The molecule has 0 aromatic heterocycles. The van der Waals surface area contributed by atoms with E-state index in [1.54, 1.807) is 13.8 Å². The maximum Gasteiger partial charge on any atom is 0.152 e. The van der Waals surface area contributed by atoms with Gasteiger partial charge >= 0.3 is 0 Å². The van der Waals surface area contributed by atoms with Gasteiger partial charge in [0.05, 0.1) is 11.0 Å². The molecule has 1 aliphatic carbocycles. The Balaban J connectivity index is 2.27. The van der Waals surface area contributed by atoms with Crippen LogP contribution in [0.4, 0.5) is 0 Å². The van der Waals surface area contributed by atoms with Crippen molar-refractivity contribution in [2.75, 3.05) is 12.3 Å². The van der Waals surface area contributed by atoms with Gasteiger partial charge in [0.2, 0.25) is 0 Å². The Morgan fingerprint density at radius 3 is 2.41 bits per heavy atom. The molecule has 1 saturated carbocycles. The lowest BCUT2D eigenvalue weighted by molar-refractivity contribution is 0.431. The number of hydrogen-bond donors (Lipinski definition) is 1. The first-order valence-corrected chi connectivity index (χ1v) is 8.64. The highest BCUT2D eigenvalue weighted by atomic mass is 32.2. The largest absolute Gasteiger partial charge is 0.314 e. The van der Waals surface area contributed by atoms with Crippen LogP contribution in [-0.2, 0) is 9.84 Å². The zero-order valence-corrected chi connectivity index (χ0v) is 12.2. The van der Waals surface area contributed by atoms with Crippen molar-refractivity contribution in [3.05, 3.63) is 0 Å². The van der Waals surface area contributed by atoms with Gasteiger partial charge in [-0.1, -0.05) is 6.92 Å². The standard InChI is InChI=1S/C13H27NO2S/c1-4-9-14-13(12-7-8-12)6-5-10-17(15,16)11(2)3/h11-14H,4-10H2,1-3H3. The lowest BCUT2D eigenvalue weighted by Gasteiger charge is -2.18. The molecule has 0 aromatic carbocycles. The van der Waals surface area contributed by atoms with Crippen molar-refractivity contribution in [3.8, 4) is 0 Å². The van der Waals surface area contributed by atoms with Gasteiger partial charge in [-0.3, -0.25) is 0 Å². The molecule has 1 rings (SSSR count). The van der Waals surface area contributed by atoms with Crippen LogP contribution < -0.4 is 5.32 Å². The Labute approximate surface area is 106 Å². The maximum absolute atomic E-state index is 11.7. The number of hydrogen-bond acceptors (Lipinski definition) is 3. The third-order valence-corrected chi connectivity index (χ3v) is 5.80. The van der Waals surface area contributed by atoms with Crippen LogP contribution in [0, 0.1) is 5.92 Å². The molecule has 1 unspecified atom stereocenters. The lowest BCUT2D eigenvalue weighted by Crippen LogP contribution is -2.32. The molecule has 4 heteroatoms. The van der Waals surface area contributed by atoms with E-state index in [-0.39, 0.29) is 5.25 Å². The summed E-state index contributed by atoms with van der Waals surface area (Å²) in [4.78, 5) is 0. The molecular formula is C13H27NO2S. The molecule has 1 aliphatic rings. The summed E-state index contributed by atoms with van der Waals surface area (Å²) in [6, 6.07) is 0.553. The Morgan fingerprint density at radius 1 is 1.29 bits per heavy atom. The van der Waals surface area contributed by atoms with Crippen LogP contribution >= 0.6 is 0 Å². The van der Waals surface area contributed by atoms with Crippen molar-refractivity contribution in [1.29, 1.82) is 0 Å². The predicted molar refractivity (Wildman–Crippen MR) is 73.0 cm³/mol. The van der Waals surface area contributed by atoms with Gasteiger partial charge in [-0.2, -0.15) is 0 Å². The predicted octanol–water partition coefficient (Wildman–Crippen LogP) is 2.37. The quantitative estimate of drug-likeness (QED) is 0.693. The van der Waals surface area contributed by atoms with E-state index in [0.29, 0.717) is 11.8 Å². The van der Waals surface area contributed by atoms with E-state index in [4.69, 9.17) is 0 Å². The van der Waals surface area contributed by atoms with E-state index < -0.39 is 9.84 Å². The average Bonchev–Trinajstić information content (AvgIpc) is 3.06. The Morgan fingerprint density at radius 2 is 1.94 bits per heavy atom. The zero-order valence-electron chi connectivity index (χ0n) is 11.4. The maximum atomic E-state index is 11.7. The van der Waals surface area contributed by atoms with E-state index in [9.17, 15) is 8.42 Å². The lowest BCUT2D eigenvalue weighted by atomic mass is 10.1. The molecule has 0 radical (unpaired) electrons. The summed E-state index contributed by atoms with van der Waals surface area (Å²) in [7, 11) is -2.85. The molecule has 17 heavy (non-hydrogen) atoms. The SMILES string of the molecule is CCCNC(CCCS(=O)(=O)C(C)C)C1CC1. The Hall–Kier alpha value is -0.0900. The minimum absolute atomic E-state index is 0.231. The average molecular weight is 261 g/mol. The van der Waals surface area contributed by atoms with Crippen LogP contribution in [0.2, 0.25) is 0 Å². The fourth-order valence-electron chi connectivity index (χ4n) is 2.07. The molecule has 0 aromatic rings. The smallest absolute Gasteiger partial charge is 0.152 e. The summed E-state index contributed by atoms with van der Waals surface area (Å²) in [5, 5.41) is 3.32. The van der Waals surface area contributed by atoms with Gasteiger partial charge < -0.3 is 5.32 Å². The highest BCUT2D eigenvalue weighted by Crippen LogP contribution is 2.34. The summed E-state index contributed by atoms with van der Waals surface area (Å²) < 4.78 is 23.4. The van der Waals surface area contributed by atoms with Gasteiger partial charge in [-0.25, -0.2) is 8.42 Å². The van der Waals surface area contributed by atoms with E-state index in [0.717, 1.165) is 31.7 Å². The van der Waals surface area contributed by atoms with Gasteiger partial charge in [0.1, 0.15) is 0 Å². The second-order valence-corrected chi connectivity index (χ2v) is 8.13. The van der Waals surface area contributed by atoms with E-state index in [1.165, 1.54) is 12.8 Å². The second-order valence-electron chi connectivity index (χ2n) is 5.46. The molecule has 102 valence electrons. The van der Waals surface area contributed by atoms with Crippen molar-refractivity contribution in [3.63, 3.8) is 0 Å². The molecular weight excluding hydrogens is 234 g/mol. The summed E-state index contributed by atoms with van der Waals surface area (Å²) in [6.07, 6.45) is 5.60. The second kappa shape index (κ2) is 6.74. The van der Waals surface area contributed by atoms with Crippen molar-refractivity contribution in [2.24, 2.45) is 5.92 Å². The fraction of sp³-hybridized carbons (Fsp3) is 1.00. The summed E-state index contributed by atoms with van der Waals surface area (Å²) >= 11 is 0. The van der Waals surface area contributed by atoms with Crippen LogP contribution in [0.3, 0.4) is 0 Å². The van der Waals surface area contributed by atoms with Crippen molar-refractivity contribution in [2.45, 2.75) is 64.2 Å². The monoisotopic (exact) mass is 261 g/mol. The molecule has 1 fully saturated rings. The first-order valence-electron chi connectivity index (χ1n) is 6.92. The number of rotatable bonds is 9. The third-order valence-electron chi connectivity index (χ3n) is 3.51. The Bertz CT molecular complexity index is 307. The topological polar surface area (TPSA) is 46.2 Å². The van der Waals surface area contributed by atoms with Gasteiger partial charge in [0.25, 0.3) is 0 Å². The fourth-order valence-corrected chi connectivity index (χ4v) is 3.11. The summed E-state index contributed by atoms with van der Waals surface area (Å²) in [5.41, 5.74) is 0. The summed E-state index contributed by atoms with van der Waals surface area (Å²) in [6.45, 7) is 6.75. The molecule has 0 spiro atoms. The Kier molecular flexibility index (Phi) is 5.93. The van der Waals surface area contributed by atoms with Gasteiger partial charge in [0, 0.05) is 6.04 Å². The summed E-state index contributed by atoms with van der Waals surface area (Å²) in [5.74, 6) is 1.16. The van der Waals surface area contributed by atoms with Crippen molar-refractivity contribution < 1.29 is 8.42 Å². The van der Waals surface area contributed by atoms with Crippen LogP contribution in [-0.4, -0.2) is 32.0 Å². The highest BCUT2D eigenvalue weighted by Gasteiger charge is 2.30. The third kappa shape index (κ3) is 5.38. The van der Waals surface area contributed by atoms with Crippen LogP contribution in [0.25, 0.3) is 0 Å². The molecule has 1 atom stereocenters. The van der Waals surface area contributed by atoms with E-state index >= 15 is 0 Å². The molecule has 0 bridgehead atoms. The highest BCUT2D eigenvalue weighted by molar-refractivity contribution is 7.91. The minimum Gasteiger partial charge on any atom is -0.314 e. The van der Waals surface area contributed by atoms with Crippen LogP contribution in [0.1, 0.15) is 52.9 Å². The van der Waals surface area contributed by atoms with Gasteiger partial charge in [-0.05, 0) is 58.4 Å².